The lowest BCUT2D eigenvalue weighted by Gasteiger charge is -2.12. The number of carbonyl (C=O) groups is 2. The van der Waals surface area contributed by atoms with E-state index in [4.69, 9.17) is 0 Å². The predicted octanol–water partition coefficient (Wildman–Crippen LogP) is 2.29. The van der Waals surface area contributed by atoms with Crippen LogP contribution in [0.25, 0.3) is 6.08 Å². The third kappa shape index (κ3) is 6.25. The summed E-state index contributed by atoms with van der Waals surface area (Å²) in [5.74, 6) is -0.431. The van der Waals surface area contributed by atoms with E-state index < -0.39 is 6.04 Å². The van der Waals surface area contributed by atoms with Crippen LogP contribution in [0.2, 0.25) is 0 Å². The molecule has 1 atom stereocenters. The van der Waals surface area contributed by atoms with Crippen molar-refractivity contribution in [3.05, 3.63) is 41.5 Å². The van der Waals surface area contributed by atoms with E-state index in [1.54, 1.807) is 13.0 Å². The maximum absolute atomic E-state index is 11.8. The van der Waals surface area contributed by atoms with Crippen LogP contribution in [0.5, 0.6) is 0 Å². The number of nitrogens with one attached hydrogen (secondary N) is 2. The van der Waals surface area contributed by atoms with Crippen molar-refractivity contribution in [2.24, 2.45) is 0 Å². The molecule has 0 spiro atoms. The molecule has 0 aromatic heterocycles. The maximum atomic E-state index is 11.8. The van der Waals surface area contributed by atoms with Gasteiger partial charge in [0, 0.05) is 12.6 Å². The molecule has 1 rings (SSSR count). The van der Waals surface area contributed by atoms with E-state index in [9.17, 15) is 9.59 Å². The average Bonchev–Trinajstić information content (AvgIpc) is 2.50. The molecule has 1 aromatic rings. The zero-order chi connectivity index (χ0) is 15.7. The minimum atomic E-state index is -0.531. The number of aryl methyl sites for hydroxylation is 1. The number of rotatable bonds is 7. The van der Waals surface area contributed by atoms with E-state index in [2.05, 4.69) is 17.6 Å². The van der Waals surface area contributed by atoms with Gasteiger partial charge in [-0.1, -0.05) is 38.1 Å². The van der Waals surface area contributed by atoms with Gasteiger partial charge in [0.05, 0.1) is 0 Å². The minimum Gasteiger partial charge on any atom is -0.354 e. The number of hydrogen-bond donors (Lipinski definition) is 2. The first-order valence-electron chi connectivity index (χ1n) is 7.42. The van der Waals surface area contributed by atoms with Crippen LogP contribution in [0.4, 0.5) is 0 Å². The standard InChI is InChI=1S/C17H24N2O2/c1-4-12-18-17(21)13(3)19-16(20)11-10-15-8-6-14(5-2)7-9-15/h6-11,13H,4-5,12H2,1-3H3,(H,18,21)(H,19,20)/b11-10+/t13-/m1/s1. The van der Waals surface area contributed by atoms with Crippen LogP contribution in [0.15, 0.2) is 30.3 Å². The molecule has 114 valence electrons. The Balaban J connectivity index is 2.48. The normalized spacial score (nSPS) is 12.1. The third-order valence-electron chi connectivity index (χ3n) is 3.12. The Morgan fingerprint density at radius 2 is 1.86 bits per heavy atom. The molecule has 0 radical (unpaired) electrons. The molecule has 1 aromatic carbocycles. The van der Waals surface area contributed by atoms with Crippen LogP contribution < -0.4 is 10.6 Å². The fourth-order valence-electron chi connectivity index (χ4n) is 1.76. The van der Waals surface area contributed by atoms with Crippen molar-refractivity contribution in [3.63, 3.8) is 0 Å². The second-order valence-corrected chi connectivity index (χ2v) is 4.95. The summed E-state index contributed by atoms with van der Waals surface area (Å²) in [5.41, 5.74) is 2.23. The van der Waals surface area contributed by atoms with Gasteiger partial charge in [-0.3, -0.25) is 9.59 Å². The lowest BCUT2D eigenvalue weighted by atomic mass is 10.1. The molecule has 21 heavy (non-hydrogen) atoms. The van der Waals surface area contributed by atoms with Gasteiger partial charge in [0.1, 0.15) is 6.04 Å². The van der Waals surface area contributed by atoms with E-state index in [0.717, 1.165) is 18.4 Å². The molecule has 0 fully saturated rings. The topological polar surface area (TPSA) is 58.2 Å². The molecule has 2 N–H and O–H groups in total. The van der Waals surface area contributed by atoms with Gasteiger partial charge in [-0.25, -0.2) is 0 Å². The Morgan fingerprint density at radius 3 is 2.43 bits per heavy atom. The molecule has 4 heteroatoms. The third-order valence-corrected chi connectivity index (χ3v) is 3.12. The van der Waals surface area contributed by atoms with Gasteiger partial charge in [0.25, 0.3) is 0 Å². The average molecular weight is 288 g/mol. The zero-order valence-electron chi connectivity index (χ0n) is 13.0. The van der Waals surface area contributed by atoms with E-state index in [1.165, 1.54) is 11.6 Å². The highest BCUT2D eigenvalue weighted by Gasteiger charge is 2.12. The number of carbonyl (C=O) groups excluding carboxylic acids is 2. The summed E-state index contributed by atoms with van der Waals surface area (Å²) in [4.78, 5) is 23.4. The second kappa shape index (κ2) is 8.95. The van der Waals surface area contributed by atoms with Crippen LogP contribution in [-0.4, -0.2) is 24.4 Å². The Bertz CT molecular complexity index is 492. The first-order chi connectivity index (χ1) is 10.1. The summed E-state index contributed by atoms with van der Waals surface area (Å²) >= 11 is 0. The Labute approximate surface area is 126 Å². The summed E-state index contributed by atoms with van der Waals surface area (Å²) < 4.78 is 0. The zero-order valence-corrected chi connectivity index (χ0v) is 13.0. The first kappa shape index (κ1) is 17.0. The quantitative estimate of drug-likeness (QED) is 0.756. The first-order valence-corrected chi connectivity index (χ1v) is 7.42. The molecule has 0 heterocycles. The summed E-state index contributed by atoms with van der Waals surface area (Å²) in [6.45, 7) is 6.38. The lowest BCUT2D eigenvalue weighted by molar-refractivity contribution is -0.126. The van der Waals surface area contributed by atoms with Crippen LogP contribution in [0, 0.1) is 0 Å². The second-order valence-electron chi connectivity index (χ2n) is 4.95. The lowest BCUT2D eigenvalue weighted by Crippen LogP contribution is -2.44. The Hall–Kier alpha value is -2.10. The largest absolute Gasteiger partial charge is 0.354 e. The van der Waals surface area contributed by atoms with Crippen molar-refractivity contribution in [2.45, 2.75) is 39.7 Å². The van der Waals surface area contributed by atoms with Gasteiger partial charge in [0.15, 0.2) is 0 Å². The monoisotopic (exact) mass is 288 g/mol. The predicted molar refractivity (Wildman–Crippen MR) is 85.8 cm³/mol. The smallest absolute Gasteiger partial charge is 0.244 e. The van der Waals surface area contributed by atoms with Gasteiger partial charge < -0.3 is 10.6 Å². The van der Waals surface area contributed by atoms with Gasteiger partial charge >= 0.3 is 0 Å². The van der Waals surface area contributed by atoms with Gasteiger partial charge in [0.2, 0.25) is 11.8 Å². The van der Waals surface area contributed by atoms with Crippen molar-refractivity contribution in [3.8, 4) is 0 Å². The van der Waals surface area contributed by atoms with Gasteiger partial charge in [-0.2, -0.15) is 0 Å². The molecule has 0 aliphatic carbocycles. The summed E-state index contributed by atoms with van der Waals surface area (Å²) in [5, 5.41) is 5.39. The highest BCUT2D eigenvalue weighted by molar-refractivity contribution is 5.95. The van der Waals surface area contributed by atoms with Crippen molar-refractivity contribution in [2.75, 3.05) is 6.54 Å². The van der Waals surface area contributed by atoms with Crippen LogP contribution in [0.1, 0.15) is 38.3 Å². The van der Waals surface area contributed by atoms with Crippen molar-refractivity contribution < 1.29 is 9.59 Å². The molecular weight excluding hydrogens is 264 g/mol. The molecule has 0 saturated carbocycles. The molecule has 0 saturated heterocycles. The summed E-state index contributed by atoms with van der Waals surface area (Å²) in [6, 6.07) is 7.49. The molecule has 0 aliphatic heterocycles. The van der Waals surface area contributed by atoms with Gasteiger partial charge in [-0.05, 0) is 37.0 Å². The van der Waals surface area contributed by atoms with Crippen molar-refractivity contribution in [1.82, 2.24) is 10.6 Å². The molecule has 0 aliphatic rings. The van der Waals surface area contributed by atoms with E-state index >= 15 is 0 Å². The van der Waals surface area contributed by atoms with Crippen LogP contribution in [-0.2, 0) is 16.0 Å². The highest BCUT2D eigenvalue weighted by atomic mass is 16.2. The fourth-order valence-corrected chi connectivity index (χ4v) is 1.76. The molecule has 0 unspecified atom stereocenters. The Morgan fingerprint density at radius 1 is 1.19 bits per heavy atom. The van der Waals surface area contributed by atoms with E-state index in [0.29, 0.717) is 6.54 Å². The number of benzene rings is 1. The maximum Gasteiger partial charge on any atom is 0.244 e. The summed E-state index contributed by atoms with van der Waals surface area (Å²) in [7, 11) is 0. The van der Waals surface area contributed by atoms with Crippen LogP contribution in [0.3, 0.4) is 0 Å². The number of amides is 2. The molecule has 0 bridgehead atoms. The number of hydrogen-bond acceptors (Lipinski definition) is 2. The highest BCUT2D eigenvalue weighted by Crippen LogP contribution is 2.06. The van der Waals surface area contributed by atoms with Crippen molar-refractivity contribution in [1.29, 1.82) is 0 Å². The summed E-state index contributed by atoms with van der Waals surface area (Å²) in [6.07, 6.45) is 5.06. The van der Waals surface area contributed by atoms with E-state index in [-0.39, 0.29) is 11.8 Å². The van der Waals surface area contributed by atoms with Crippen molar-refractivity contribution >= 4 is 17.9 Å². The fraction of sp³-hybridized carbons (Fsp3) is 0.412. The molecular formula is C17H24N2O2. The Kier molecular flexibility index (Phi) is 7.23. The van der Waals surface area contributed by atoms with Gasteiger partial charge in [-0.15, -0.1) is 0 Å². The minimum absolute atomic E-state index is 0.161. The van der Waals surface area contributed by atoms with E-state index in [1.807, 2.05) is 31.2 Å². The van der Waals surface area contributed by atoms with Crippen LogP contribution >= 0.6 is 0 Å². The molecule has 2 amide bonds. The molecule has 4 nitrogen and oxygen atoms in total. The SMILES string of the molecule is CCCNC(=O)[C@@H](C)NC(=O)/C=C/c1ccc(CC)cc1.